The van der Waals surface area contributed by atoms with Crippen molar-refractivity contribution in [3.05, 3.63) is 46.5 Å². The van der Waals surface area contributed by atoms with E-state index in [1.165, 1.54) is 28.6 Å². The Bertz CT molecular complexity index is 699. The summed E-state index contributed by atoms with van der Waals surface area (Å²) in [6, 6.07) is 5.31. The number of benzene rings is 1. The number of hydrogen-bond donors (Lipinski definition) is 0. The predicted octanol–water partition coefficient (Wildman–Crippen LogP) is 1.23. The van der Waals surface area contributed by atoms with Crippen LogP contribution in [-0.4, -0.2) is 54.8 Å². The van der Waals surface area contributed by atoms with Crippen LogP contribution in [0.25, 0.3) is 0 Å². The summed E-state index contributed by atoms with van der Waals surface area (Å²) in [5, 5.41) is 10.7. The predicted molar refractivity (Wildman–Crippen MR) is 81.0 cm³/mol. The molecule has 22 heavy (non-hydrogen) atoms. The van der Waals surface area contributed by atoms with Crippen LogP contribution in [0.15, 0.2) is 41.3 Å². The summed E-state index contributed by atoms with van der Waals surface area (Å²) >= 11 is 0. The van der Waals surface area contributed by atoms with E-state index in [2.05, 4.69) is 4.90 Å². The maximum Gasteiger partial charge on any atom is 0.269 e. The first-order valence-electron chi connectivity index (χ1n) is 7.12. The number of sulfonamides is 1. The van der Waals surface area contributed by atoms with Crippen LogP contribution in [0.2, 0.25) is 0 Å². The van der Waals surface area contributed by atoms with Crippen molar-refractivity contribution in [1.82, 2.24) is 9.21 Å². The van der Waals surface area contributed by atoms with E-state index in [1.807, 2.05) is 12.2 Å². The van der Waals surface area contributed by atoms with Gasteiger partial charge in [0, 0.05) is 44.4 Å². The van der Waals surface area contributed by atoms with Crippen LogP contribution >= 0.6 is 0 Å². The highest BCUT2D eigenvalue weighted by atomic mass is 32.2. The number of rotatable bonds is 3. The molecule has 0 amide bonds. The average Bonchev–Trinajstić information content (AvgIpc) is 2.47. The van der Waals surface area contributed by atoms with E-state index >= 15 is 0 Å². The molecular formula is C14H17N3O4S. The fourth-order valence-corrected chi connectivity index (χ4v) is 4.17. The Morgan fingerprint density at radius 1 is 1.14 bits per heavy atom. The van der Waals surface area contributed by atoms with Gasteiger partial charge in [0.2, 0.25) is 10.0 Å². The fraction of sp³-hybridized carbons (Fsp3) is 0.429. The second-order valence-electron chi connectivity index (χ2n) is 5.48. The van der Waals surface area contributed by atoms with Crippen LogP contribution in [-0.2, 0) is 10.0 Å². The van der Waals surface area contributed by atoms with Crippen LogP contribution < -0.4 is 0 Å². The number of hydrogen-bond acceptors (Lipinski definition) is 5. The van der Waals surface area contributed by atoms with Crippen molar-refractivity contribution < 1.29 is 13.3 Å². The minimum atomic E-state index is -3.63. The van der Waals surface area contributed by atoms with E-state index in [1.54, 1.807) is 0 Å². The van der Waals surface area contributed by atoms with E-state index in [0.29, 0.717) is 13.1 Å². The fourth-order valence-electron chi connectivity index (χ4n) is 2.74. The minimum absolute atomic E-state index is 0.0953. The highest BCUT2D eigenvalue weighted by Gasteiger charge is 2.34. The first kappa shape index (κ1) is 15.1. The van der Waals surface area contributed by atoms with E-state index in [9.17, 15) is 18.5 Å². The molecule has 1 fully saturated rings. The quantitative estimate of drug-likeness (QED) is 0.474. The smallest absolute Gasteiger partial charge is 0.269 e. The topological polar surface area (TPSA) is 83.8 Å². The van der Waals surface area contributed by atoms with Gasteiger partial charge in [-0.05, 0) is 18.6 Å². The van der Waals surface area contributed by atoms with Gasteiger partial charge in [-0.15, -0.1) is 0 Å². The van der Waals surface area contributed by atoms with E-state index in [4.69, 9.17) is 0 Å². The number of nitro benzene ring substituents is 1. The second kappa shape index (κ2) is 5.79. The molecule has 0 radical (unpaired) electrons. The lowest BCUT2D eigenvalue weighted by Crippen LogP contribution is -2.55. The monoisotopic (exact) mass is 323 g/mol. The summed E-state index contributed by atoms with van der Waals surface area (Å²) in [7, 11) is -3.63. The Labute approximate surface area is 129 Å². The molecule has 0 bridgehead atoms. The second-order valence-corrected chi connectivity index (χ2v) is 7.42. The lowest BCUT2D eigenvalue weighted by molar-refractivity contribution is -0.384. The SMILES string of the molecule is O=[N+]([O-])c1ccc(S(=O)(=O)N2C/C=C\CN3CCC3C2)cc1. The maximum atomic E-state index is 12.7. The number of nitrogens with zero attached hydrogens (tertiary/aromatic N) is 3. The Hall–Kier alpha value is -1.77. The van der Waals surface area contributed by atoms with Gasteiger partial charge in [0.1, 0.15) is 0 Å². The Morgan fingerprint density at radius 2 is 1.82 bits per heavy atom. The molecule has 1 unspecified atom stereocenters. The lowest BCUT2D eigenvalue weighted by Gasteiger charge is -2.43. The molecule has 2 aliphatic heterocycles. The molecule has 118 valence electrons. The Kier molecular flexibility index (Phi) is 3.98. The zero-order valence-electron chi connectivity index (χ0n) is 12.0. The molecule has 2 heterocycles. The molecule has 0 saturated carbocycles. The maximum absolute atomic E-state index is 12.7. The number of non-ortho nitro benzene ring substituents is 1. The molecule has 0 aromatic heterocycles. The Morgan fingerprint density at radius 3 is 2.41 bits per heavy atom. The number of nitro groups is 1. The molecule has 1 aromatic carbocycles. The molecule has 1 aromatic rings. The zero-order chi connectivity index (χ0) is 15.7. The van der Waals surface area contributed by atoms with Crippen molar-refractivity contribution in [2.45, 2.75) is 17.4 Å². The van der Waals surface area contributed by atoms with Crippen molar-refractivity contribution in [3.8, 4) is 0 Å². The van der Waals surface area contributed by atoms with Gasteiger partial charge in [-0.2, -0.15) is 4.31 Å². The van der Waals surface area contributed by atoms with Crippen molar-refractivity contribution in [1.29, 1.82) is 0 Å². The van der Waals surface area contributed by atoms with Gasteiger partial charge in [0.25, 0.3) is 5.69 Å². The molecule has 8 heteroatoms. The van der Waals surface area contributed by atoms with Crippen LogP contribution in [0.3, 0.4) is 0 Å². The first-order valence-corrected chi connectivity index (χ1v) is 8.56. The molecule has 2 aliphatic rings. The third kappa shape index (κ3) is 2.77. The van der Waals surface area contributed by atoms with Crippen LogP contribution in [0.5, 0.6) is 0 Å². The lowest BCUT2D eigenvalue weighted by atomic mass is 10.0. The molecule has 0 N–H and O–H groups in total. The largest absolute Gasteiger partial charge is 0.295 e. The Balaban J connectivity index is 1.85. The van der Waals surface area contributed by atoms with Crippen LogP contribution in [0.4, 0.5) is 5.69 Å². The number of fused-ring (bicyclic) bond motifs is 1. The van der Waals surface area contributed by atoms with Crippen LogP contribution in [0, 0.1) is 10.1 Å². The third-order valence-corrected chi connectivity index (χ3v) is 6.03. The van der Waals surface area contributed by atoms with E-state index in [0.717, 1.165) is 19.5 Å². The highest BCUT2D eigenvalue weighted by Crippen LogP contribution is 2.24. The highest BCUT2D eigenvalue weighted by molar-refractivity contribution is 7.89. The summed E-state index contributed by atoms with van der Waals surface area (Å²) in [6.07, 6.45) is 4.85. The van der Waals surface area contributed by atoms with Gasteiger partial charge >= 0.3 is 0 Å². The first-order chi connectivity index (χ1) is 10.5. The standard InChI is InChI=1S/C14H17N3O4S/c18-17(19)12-3-5-14(6-4-12)22(20,21)16-9-2-1-8-15-10-7-13(15)11-16/h1-6,13H,7-11H2/b2-1-. The van der Waals surface area contributed by atoms with E-state index < -0.39 is 14.9 Å². The molecule has 3 rings (SSSR count). The van der Waals surface area contributed by atoms with Crippen molar-refractivity contribution in [3.63, 3.8) is 0 Å². The summed E-state index contributed by atoms with van der Waals surface area (Å²) in [6.45, 7) is 2.67. The zero-order valence-corrected chi connectivity index (χ0v) is 12.8. The molecule has 1 saturated heterocycles. The van der Waals surface area contributed by atoms with Gasteiger partial charge in [-0.1, -0.05) is 12.2 Å². The molecule has 0 spiro atoms. The van der Waals surface area contributed by atoms with Crippen molar-refractivity contribution in [2.24, 2.45) is 0 Å². The summed E-state index contributed by atoms with van der Waals surface area (Å²) in [4.78, 5) is 12.5. The third-order valence-electron chi connectivity index (χ3n) is 4.18. The normalized spacial score (nSPS) is 24.6. The van der Waals surface area contributed by atoms with Gasteiger partial charge < -0.3 is 0 Å². The summed E-state index contributed by atoms with van der Waals surface area (Å²) in [5.74, 6) is 0. The van der Waals surface area contributed by atoms with E-state index in [-0.39, 0.29) is 16.6 Å². The average molecular weight is 323 g/mol. The molecular weight excluding hydrogens is 306 g/mol. The summed E-state index contributed by atoms with van der Waals surface area (Å²) in [5.41, 5.74) is -0.114. The van der Waals surface area contributed by atoms with Gasteiger partial charge in [-0.25, -0.2) is 8.42 Å². The molecule has 0 aliphatic carbocycles. The minimum Gasteiger partial charge on any atom is -0.295 e. The van der Waals surface area contributed by atoms with Crippen molar-refractivity contribution in [2.75, 3.05) is 26.2 Å². The molecule has 7 nitrogen and oxygen atoms in total. The van der Waals surface area contributed by atoms with Crippen LogP contribution in [0.1, 0.15) is 6.42 Å². The molecule has 1 atom stereocenters. The summed E-state index contributed by atoms with van der Waals surface area (Å²) < 4.78 is 26.9. The van der Waals surface area contributed by atoms with Gasteiger partial charge in [0.05, 0.1) is 9.82 Å². The van der Waals surface area contributed by atoms with Gasteiger partial charge in [0.15, 0.2) is 0 Å². The van der Waals surface area contributed by atoms with Crippen molar-refractivity contribution >= 4 is 15.7 Å². The van der Waals surface area contributed by atoms with Gasteiger partial charge in [-0.3, -0.25) is 15.0 Å².